The van der Waals surface area contributed by atoms with Gasteiger partial charge in [-0.2, -0.15) is 0 Å². The first-order valence-corrected chi connectivity index (χ1v) is 24.8. The van der Waals surface area contributed by atoms with Crippen molar-refractivity contribution in [1.29, 1.82) is 0 Å². The van der Waals surface area contributed by atoms with Gasteiger partial charge in [-0.05, 0) is 133 Å². The van der Waals surface area contributed by atoms with Gasteiger partial charge in [0.25, 0.3) is 11.8 Å². The number of amides is 3. The van der Waals surface area contributed by atoms with Gasteiger partial charge in [0, 0.05) is 73.0 Å². The Labute approximate surface area is 398 Å². The molecular weight excluding hydrogens is 845 g/mol. The summed E-state index contributed by atoms with van der Waals surface area (Å²) in [5.74, 6) is 4.44. The van der Waals surface area contributed by atoms with E-state index < -0.39 is 29.0 Å². The maximum absolute atomic E-state index is 14.7. The van der Waals surface area contributed by atoms with Gasteiger partial charge in [0.15, 0.2) is 0 Å². The van der Waals surface area contributed by atoms with Gasteiger partial charge in [0.05, 0.1) is 42.2 Å². The number of aromatic nitrogens is 2. The van der Waals surface area contributed by atoms with E-state index in [0.29, 0.717) is 45.3 Å². The van der Waals surface area contributed by atoms with E-state index >= 15 is 0 Å². The van der Waals surface area contributed by atoms with Crippen LogP contribution in [0, 0.1) is 35.0 Å². The Morgan fingerprint density at radius 2 is 1.81 bits per heavy atom. The Bertz CT molecular complexity index is 2350. The molecule has 364 valence electrons. The molecule has 0 radical (unpaired) electrons. The van der Waals surface area contributed by atoms with Gasteiger partial charge < -0.3 is 29.2 Å². The Morgan fingerprint density at radius 3 is 2.51 bits per heavy atom. The van der Waals surface area contributed by atoms with Crippen molar-refractivity contribution in [3.63, 3.8) is 0 Å². The fourth-order valence-electron chi connectivity index (χ4n) is 9.94. The van der Waals surface area contributed by atoms with Crippen LogP contribution in [0.1, 0.15) is 112 Å². The topological polar surface area (TPSA) is 142 Å². The van der Waals surface area contributed by atoms with Crippen LogP contribution in [0.2, 0.25) is 0 Å². The maximum atomic E-state index is 14.7. The minimum absolute atomic E-state index is 0.0778. The summed E-state index contributed by atoms with van der Waals surface area (Å²) in [7, 11) is 3.86. The lowest BCUT2D eigenvalue weighted by atomic mass is 9.84. The molecule has 3 aromatic rings. The van der Waals surface area contributed by atoms with Crippen LogP contribution in [0.4, 0.5) is 5.69 Å². The Balaban J connectivity index is 1.16. The molecule has 4 aliphatic rings. The zero-order chi connectivity index (χ0) is 48.4. The van der Waals surface area contributed by atoms with Crippen LogP contribution in [-0.4, -0.2) is 132 Å². The second-order valence-electron chi connectivity index (χ2n) is 21.6. The molecule has 4 aliphatic heterocycles. The van der Waals surface area contributed by atoms with Crippen molar-refractivity contribution in [3.8, 4) is 23.1 Å². The van der Waals surface area contributed by atoms with Crippen LogP contribution in [-0.2, 0) is 41.6 Å². The predicted octanol–water partition coefficient (Wildman–Crippen LogP) is 6.40. The van der Waals surface area contributed by atoms with Gasteiger partial charge >= 0.3 is 5.97 Å². The summed E-state index contributed by atoms with van der Waals surface area (Å²) in [5.41, 5.74) is 9.23. The van der Waals surface area contributed by atoms with Crippen molar-refractivity contribution in [2.24, 2.45) is 23.2 Å². The summed E-state index contributed by atoms with van der Waals surface area (Å²) in [6.45, 7) is 22.8. The Morgan fingerprint density at radius 1 is 1.06 bits per heavy atom. The van der Waals surface area contributed by atoms with Crippen LogP contribution in [0.5, 0.6) is 0 Å². The highest BCUT2D eigenvalue weighted by Gasteiger charge is 2.39. The second-order valence-corrected chi connectivity index (χ2v) is 21.6. The highest BCUT2D eigenvalue weighted by atomic mass is 16.5. The minimum Gasteiger partial charge on any atom is -0.464 e. The molecule has 0 saturated carbocycles. The number of fused-ring (bicyclic) bond motifs is 6. The first-order valence-electron chi connectivity index (χ1n) is 24.8. The number of likely N-dealkylation sites (tertiary alicyclic amines) is 1. The Kier molecular flexibility index (Phi) is 15.4. The van der Waals surface area contributed by atoms with E-state index in [1.807, 2.05) is 59.0 Å². The first-order chi connectivity index (χ1) is 31.8. The first kappa shape index (κ1) is 49.9. The average Bonchev–Trinajstić information content (AvgIpc) is 3.58. The Hall–Kier alpha value is -4.97. The molecular formula is C53H76N8O6. The van der Waals surface area contributed by atoms with E-state index in [-0.39, 0.29) is 60.8 Å². The van der Waals surface area contributed by atoms with Crippen molar-refractivity contribution >= 4 is 40.3 Å². The molecule has 2 aromatic heterocycles. The second kappa shape index (κ2) is 20.7. The third kappa shape index (κ3) is 11.3. The summed E-state index contributed by atoms with van der Waals surface area (Å²) in [6.07, 6.45) is 5.81. The number of hydrazine groups is 1. The standard InChI is InChI=1S/C53H76N8O6/c1-12-60-45-20-19-37-27-40(45)41(48(60)39-17-13-23-54-47(39)35(4)5)28-52(6,7)33-67-51(65)43-18-15-25-61(56-43)50(64)44(26-36-16-14-24-58(37)29-36)55-49(63)42(34(2)3)32-66-38-30-59(31-38)46(62)21-22-53(8,9)57(10)11/h13,17,19-20,23,27,34-36,38,42-44,56H,12,14-16,18,24-26,28-33H2,1-11H3,(H,55,63)/t36-,42-,43-,44-/m0/s1. The fraction of sp³-hybridized carbons (Fsp3) is 0.642. The quantitative estimate of drug-likeness (QED) is 0.173. The third-order valence-electron chi connectivity index (χ3n) is 14.6. The number of cyclic esters (lactones) is 1. The van der Waals surface area contributed by atoms with Gasteiger partial charge in [0.1, 0.15) is 12.1 Å². The van der Waals surface area contributed by atoms with Gasteiger partial charge in [-0.1, -0.05) is 47.5 Å². The molecule has 6 bridgehead atoms. The van der Waals surface area contributed by atoms with E-state index in [1.54, 1.807) is 9.91 Å². The monoisotopic (exact) mass is 921 g/mol. The van der Waals surface area contributed by atoms with Crippen LogP contribution in [0.25, 0.3) is 22.2 Å². The molecule has 14 heteroatoms. The summed E-state index contributed by atoms with van der Waals surface area (Å²) in [4.78, 5) is 66.8. The number of esters is 1. The largest absolute Gasteiger partial charge is 0.464 e. The number of nitrogens with zero attached hydrogens (tertiary/aromatic N) is 6. The molecule has 0 aliphatic carbocycles. The normalized spacial score (nSPS) is 22.3. The molecule has 0 unspecified atom stereocenters. The van der Waals surface area contributed by atoms with Crippen molar-refractivity contribution in [2.75, 3.05) is 64.9 Å². The summed E-state index contributed by atoms with van der Waals surface area (Å²) in [6, 6.07) is 9.51. The summed E-state index contributed by atoms with van der Waals surface area (Å²) in [5, 5.41) is 5.93. The van der Waals surface area contributed by atoms with E-state index in [2.05, 4.69) is 90.9 Å². The predicted molar refractivity (Wildman–Crippen MR) is 263 cm³/mol. The number of aryl methyl sites for hydroxylation is 1. The highest BCUT2D eigenvalue weighted by Crippen LogP contribution is 2.42. The van der Waals surface area contributed by atoms with E-state index in [0.717, 1.165) is 54.9 Å². The number of benzene rings is 1. The summed E-state index contributed by atoms with van der Waals surface area (Å²) >= 11 is 0. The van der Waals surface area contributed by atoms with Gasteiger partial charge in [-0.25, -0.2) is 5.43 Å². The van der Waals surface area contributed by atoms with Crippen LogP contribution in [0.15, 0.2) is 36.5 Å². The van der Waals surface area contributed by atoms with Crippen LogP contribution >= 0.6 is 0 Å². The molecule has 67 heavy (non-hydrogen) atoms. The van der Waals surface area contributed by atoms with Crippen molar-refractivity contribution in [2.45, 2.75) is 137 Å². The van der Waals surface area contributed by atoms with Crippen molar-refractivity contribution in [3.05, 3.63) is 47.8 Å². The molecule has 4 atom stereocenters. The van der Waals surface area contributed by atoms with Crippen LogP contribution < -0.4 is 15.6 Å². The number of ether oxygens (including phenoxy) is 2. The fourth-order valence-corrected chi connectivity index (χ4v) is 9.94. The zero-order valence-corrected chi connectivity index (χ0v) is 42.0. The maximum Gasteiger partial charge on any atom is 0.324 e. The number of carbonyl (C=O) groups is 4. The lowest BCUT2D eigenvalue weighted by molar-refractivity contribution is -0.156. The smallest absolute Gasteiger partial charge is 0.324 e. The zero-order valence-electron chi connectivity index (χ0n) is 42.0. The number of hydrogen-bond acceptors (Lipinski definition) is 10. The number of carbonyl (C=O) groups excluding carboxylic acids is 4. The molecule has 6 heterocycles. The molecule has 1 aromatic carbocycles. The number of hydrogen-bond donors (Lipinski definition) is 2. The van der Waals surface area contributed by atoms with E-state index in [9.17, 15) is 19.2 Å². The van der Waals surface area contributed by atoms with Crippen molar-refractivity contribution < 1.29 is 28.7 Å². The van der Waals surface area contributed by atoms with E-state index in [1.165, 1.54) is 16.6 Å². The minimum atomic E-state index is -0.828. The van der Waals surface area contributed by atoms with Gasteiger partial charge in [0.2, 0.25) is 5.91 Å². The van der Waals surface area contributed by atoms with Crippen molar-refractivity contribution in [1.82, 2.24) is 35.1 Å². The lowest BCUT2D eigenvalue weighted by Gasteiger charge is -2.39. The molecule has 3 fully saturated rings. The highest BCUT2D eigenvalue weighted by molar-refractivity contribution is 5.95. The van der Waals surface area contributed by atoms with Gasteiger partial charge in [-0.15, -0.1) is 0 Å². The average molecular weight is 921 g/mol. The summed E-state index contributed by atoms with van der Waals surface area (Å²) < 4.78 is 14.8. The number of anilines is 1. The molecule has 0 spiro atoms. The SMILES string of the molecule is CCn1c(-c2cccnc2C(C)C)c2c3cc(ccc31)N1CCC[C@@H](C[C@H](NC(=O)[C@@H](COC3CN(C(=O)C#CC(C)(C)N(C)C)C3)C(C)C)C(=O)N3CCC[C@H](N3)C(=O)OCC(C)(C)C2)C1. The molecule has 3 amide bonds. The number of piperidine rings is 1. The molecule has 7 rings (SSSR count). The molecule has 3 saturated heterocycles. The third-order valence-corrected chi connectivity index (χ3v) is 14.6. The van der Waals surface area contributed by atoms with Crippen LogP contribution in [0.3, 0.4) is 0 Å². The number of nitrogens with one attached hydrogen (secondary N) is 2. The molecule has 14 nitrogen and oxygen atoms in total. The molecule has 2 N–H and O–H groups in total. The van der Waals surface area contributed by atoms with E-state index in [4.69, 9.17) is 14.5 Å². The lowest BCUT2D eigenvalue weighted by Crippen LogP contribution is -2.61. The number of rotatable bonds is 10. The number of pyridine rings is 1. The van der Waals surface area contributed by atoms with Gasteiger partial charge in [-0.3, -0.25) is 34.1 Å².